The molecule has 6 nitrogen and oxygen atoms in total. The summed E-state index contributed by atoms with van der Waals surface area (Å²) >= 11 is 0. The molecule has 3 aromatic rings. The minimum atomic E-state index is -0.476. The van der Waals surface area contributed by atoms with Crippen molar-refractivity contribution in [3.63, 3.8) is 0 Å². The fourth-order valence-corrected chi connectivity index (χ4v) is 2.54. The van der Waals surface area contributed by atoms with E-state index < -0.39 is 16.8 Å². The lowest BCUT2D eigenvalue weighted by Crippen LogP contribution is -2.18. The third-order valence-electron chi connectivity index (χ3n) is 3.48. The van der Waals surface area contributed by atoms with Gasteiger partial charge < -0.3 is 4.42 Å². The normalized spacial score (nSPS) is 11.2. The van der Waals surface area contributed by atoms with E-state index in [1.807, 2.05) is 0 Å². The zero-order valence-electron chi connectivity index (χ0n) is 11.7. The standard InChI is InChI=1S/C15H12N2O4/c1-6-5-10(19)21-9-4-7(2)13-12(11(6)9)15(20)14(8(3)18)17-16-13/h4-5H,1-3H3,(H,16,20). The number of carbonyl (C=O) groups is 1. The second-order valence-electron chi connectivity index (χ2n) is 5.02. The van der Waals surface area contributed by atoms with E-state index in [1.165, 1.54) is 13.0 Å². The number of aryl methyl sites for hydroxylation is 2. The molecule has 0 fully saturated rings. The van der Waals surface area contributed by atoms with Crippen molar-refractivity contribution >= 4 is 27.7 Å². The maximum Gasteiger partial charge on any atom is 0.336 e. The molecule has 0 spiro atoms. The summed E-state index contributed by atoms with van der Waals surface area (Å²) in [5, 5.41) is 7.45. The number of hydrogen-bond donors (Lipinski definition) is 1. The molecule has 0 saturated heterocycles. The minimum absolute atomic E-state index is 0.153. The van der Waals surface area contributed by atoms with Crippen LogP contribution >= 0.6 is 0 Å². The summed E-state index contributed by atoms with van der Waals surface area (Å²) in [6, 6.07) is 3.00. The molecule has 2 heterocycles. The molecule has 0 aliphatic rings. The van der Waals surface area contributed by atoms with Gasteiger partial charge in [0, 0.05) is 18.4 Å². The summed E-state index contributed by atoms with van der Waals surface area (Å²) in [6.45, 7) is 4.78. The highest BCUT2D eigenvalue weighted by molar-refractivity contribution is 6.08. The molecule has 0 aliphatic heterocycles. The van der Waals surface area contributed by atoms with Crippen molar-refractivity contribution in [1.82, 2.24) is 10.2 Å². The number of rotatable bonds is 1. The van der Waals surface area contributed by atoms with Crippen molar-refractivity contribution < 1.29 is 9.21 Å². The number of nitrogens with zero attached hydrogens (tertiary/aromatic N) is 1. The highest BCUT2D eigenvalue weighted by Crippen LogP contribution is 2.26. The van der Waals surface area contributed by atoms with Gasteiger partial charge in [0.25, 0.3) is 0 Å². The Morgan fingerprint density at radius 3 is 2.52 bits per heavy atom. The van der Waals surface area contributed by atoms with Crippen LogP contribution in [0.3, 0.4) is 0 Å². The van der Waals surface area contributed by atoms with Crippen molar-refractivity contribution in [2.45, 2.75) is 20.8 Å². The molecular formula is C15H12N2O4. The van der Waals surface area contributed by atoms with Crippen LogP contribution in [0.5, 0.6) is 0 Å². The van der Waals surface area contributed by atoms with Gasteiger partial charge in [-0.1, -0.05) is 0 Å². The van der Waals surface area contributed by atoms with E-state index in [-0.39, 0.29) is 5.69 Å². The molecule has 0 atom stereocenters. The van der Waals surface area contributed by atoms with Crippen molar-refractivity contribution in [2.24, 2.45) is 0 Å². The van der Waals surface area contributed by atoms with E-state index in [1.54, 1.807) is 19.9 Å². The van der Waals surface area contributed by atoms with E-state index >= 15 is 0 Å². The van der Waals surface area contributed by atoms with Crippen molar-refractivity contribution in [3.8, 4) is 0 Å². The van der Waals surface area contributed by atoms with Crippen LogP contribution in [-0.4, -0.2) is 16.0 Å². The van der Waals surface area contributed by atoms with Gasteiger partial charge in [-0.25, -0.2) is 4.79 Å². The number of fused-ring (bicyclic) bond motifs is 3. The van der Waals surface area contributed by atoms with Crippen LogP contribution < -0.4 is 11.1 Å². The Morgan fingerprint density at radius 2 is 1.86 bits per heavy atom. The van der Waals surface area contributed by atoms with Crippen LogP contribution in [0.25, 0.3) is 21.9 Å². The van der Waals surface area contributed by atoms with Gasteiger partial charge in [0.2, 0.25) is 5.43 Å². The lowest BCUT2D eigenvalue weighted by atomic mass is 10.0. The van der Waals surface area contributed by atoms with Crippen LogP contribution in [-0.2, 0) is 0 Å². The number of nitrogens with one attached hydrogen (secondary N) is 1. The van der Waals surface area contributed by atoms with Gasteiger partial charge in [0.1, 0.15) is 5.58 Å². The predicted molar refractivity (Wildman–Crippen MR) is 77.9 cm³/mol. The number of carbonyl (C=O) groups excluding carboxylic acids is 1. The van der Waals surface area contributed by atoms with Gasteiger partial charge in [-0.15, -0.1) is 0 Å². The number of aromatic nitrogens is 2. The first-order chi connectivity index (χ1) is 9.90. The molecular weight excluding hydrogens is 272 g/mol. The number of ketones is 1. The van der Waals surface area contributed by atoms with Crippen LogP contribution in [0.4, 0.5) is 0 Å². The molecule has 0 radical (unpaired) electrons. The Balaban J connectivity index is 2.70. The molecule has 0 bridgehead atoms. The summed E-state index contributed by atoms with van der Waals surface area (Å²) < 4.78 is 5.17. The lowest BCUT2D eigenvalue weighted by molar-refractivity contribution is 0.101. The number of Topliss-reactive ketones (excluding diaryl/α,β-unsaturated/α-hetero) is 1. The maximum atomic E-state index is 12.6. The second kappa shape index (κ2) is 4.37. The van der Waals surface area contributed by atoms with Gasteiger partial charge in [-0.05, 0) is 31.0 Å². The zero-order chi connectivity index (χ0) is 15.3. The van der Waals surface area contributed by atoms with Gasteiger partial charge in [-0.2, -0.15) is 5.10 Å². The Kier molecular flexibility index (Phi) is 2.76. The summed E-state index contributed by atoms with van der Waals surface area (Å²) in [5.41, 5.74) is 1.12. The molecule has 2 aromatic heterocycles. The van der Waals surface area contributed by atoms with Crippen LogP contribution in [0.1, 0.15) is 28.5 Å². The molecule has 106 valence electrons. The topological polar surface area (TPSA) is 93.0 Å². The number of hydrogen-bond acceptors (Lipinski definition) is 5. The summed E-state index contributed by atoms with van der Waals surface area (Å²) in [5.74, 6) is -0.414. The average molecular weight is 284 g/mol. The first-order valence-corrected chi connectivity index (χ1v) is 6.37. The lowest BCUT2D eigenvalue weighted by Gasteiger charge is -2.08. The Bertz CT molecular complexity index is 1030. The molecule has 0 unspecified atom stereocenters. The molecule has 0 amide bonds. The first-order valence-electron chi connectivity index (χ1n) is 6.37. The third kappa shape index (κ3) is 1.87. The molecule has 1 N–H and O–H groups in total. The minimum Gasteiger partial charge on any atom is -0.423 e. The number of H-pyrrole nitrogens is 1. The smallest absolute Gasteiger partial charge is 0.336 e. The maximum absolute atomic E-state index is 12.6. The Morgan fingerprint density at radius 1 is 1.14 bits per heavy atom. The molecule has 0 aliphatic carbocycles. The van der Waals surface area contributed by atoms with Crippen molar-refractivity contribution in [3.05, 3.63) is 49.6 Å². The molecule has 3 rings (SSSR count). The van der Waals surface area contributed by atoms with E-state index in [4.69, 9.17) is 4.42 Å². The van der Waals surface area contributed by atoms with Crippen molar-refractivity contribution in [2.75, 3.05) is 0 Å². The molecule has 6 heteroatoms. The van der Waals surface area contributed by atoms with Crippen LogP contribution in [0.15, 0.2) is 26.1 Å². The van der Waals surface area contributed by atoms with E-state index in [9.17, 15) is 14.4 Å². The van der Waals surface area contributed by atoms with Gasteiger partial charge in [-0.3, -0.25) is 14.7 Å². The Hall–Kier alpha value is -2.76. The van der Waals surface area contributed by atoms with Gasteiger partial charge in [0.15, 0.2) is 11.5 Å². The largest absolute Gasteiger partial charge is 0.423 e. The fraction of sp³-hybridized carbons (Fsp3) is 0.200. The highest BCUT2D eigenvalue weighted by Gasteiger charge is 2.17. The monoisotopic (exact) mass is 284 g/mol. The van der Waals surface area contributed by atoms with Gasteiger partial charge >= 0.3 is 5.63 Å². The number of aromatic amines is 1. The SMILES string of the molecule is CC(=O)c1n[nH]c2c(C)cc3oc(=O)cc(C)c3c2c1=O. The Labute approximate surface area is 118 Å². The quantitative estimate of drug-likeness (QED) is 0.418. The van der Waals surface area contributed by atoms with E-state index in [0.717, 1.165) is 0 Å². The van der Waals surface area contributed by atoms with Gasteiger partial charge in [0.05, 0.1) is 10.9 Å². The predicted octanol–water partition coefficient (Wildman–Crippen LogP) is 1.85. The average Bonchev–Trinajstić information content (AvgIpc) is 2.38. The molecule has 0 saturated carbocycles. The summed E-state index contributed by atoms with van der Waals surface area (Å²) in [7, 11) is 0. The zero-order valence-corrected chi connectivity index (χ0v) is 11.7. The van der Waals surface area contributed by atoms with Crippen LogP contribution in [0, 0.1) is 13.8 Å². The molecule has 21 heavy (non-hydrogen) atoms. The second-order valence-corrected chi connectivity index (χ2v) is 5.02. The fourth-order valence-electron chi connectivity index (χ4n) is 2.54. The summed E-state index contributed by atoms with van der Waals surface area (Å²) in [6.07, 6.45) is 0. The van der Waals surface area contributed by atoms with Crippen molar-refractivity contribution in [1.29, 1.82) is 0 Å². The number of benzene rings is 1. The van der Waals surface area contributed by atoms with E-state index in [2.05, 4.69) is 10.2 Å². The van der Waals surface area contributed by atoms with E-state index in [0.29, 0.717) is 33.0 Å². The molecule has 1 aromatic carbocycles. The van der Waals surface area contributed by atoms with Crippen LogP contribution in [0.2, 0.25) is 0 Å². The third-order valence-corrected chi connectivity index (χ3v) is 3.48. The summed E-state index contributed by atoms with van der Waals surface area (Å²) in [4.78, 5) is 35.6. The highest BCUT2D eigenvalue weighted by atomic mass is 16.4. The first kappa shape index (κ1) is 13.2.